The summed E-state index contributed by atoms with van der Waals surface area (Å²) in [4.78, 5) is 31.3. The molecule has 1 aromatic carbocycles. The molecule has 7 heteroatoms. The van der Waals surface area contributed by atoms with Gasteiger partial charge in [-0.2, -0.15) is 0 Å². The highest BCUT2D eigenvalue weighted by molar-refractivity contribution is 6.03. The van der Waals surface area contributed by atoms with Gasteiger partial charge in [-0.15, -0.1) is 0 Å². The largest absolute Gasteiger partial charge is 0.494 e. The van der Waals surface area contributed by atoms with E-state index >= 15 is 0 Å². The van der Waals surface area contributed by atoms with Crippen molar-refractivity contribution in [1.29, 1.82) is 0 Å². The summed E-state index contributed by atoms with van der Waals surface area (Å²) in [5, 5.41) is 9.73. The van der Waals surface area contributed by atoms with Crippen LogP contribution in [0.25, 0.3) is 0 Å². The van der Waals surface area contributed by atoms with Gasteiger partial charge < -0.3 is 10.8 Å². The number of aliphatic imine (C=N–C) groups is 1. The van der Waals surface area contributed by atoms with E-state index in [0.717, 1.165) is 0 Å². The van der Waals surface area contributed by atoms with Crippen LogP contribution in [0.3, 0.4) is 0 Å². The molecule has 0 atom stereocenters. The summed E-state index contributed by atoms with van der Waals surface area (Å²) in [7, 11) is 0. The number of benzene rings is 1. The van der Waals surface area contributed by atoms with Crippen molar-refractivity contribution in [2.45, 2.75) is 13.3 Å². The molecule has 1 aromatic heterocycles. The molecule has 0 spiro atoms. The molecule has 0 aliphatic carbocycles. The summed E-state index contributed by atoms with van der Waals surface area (Å²) < 4.78 is 0. The number of anilines is 1. The van der Waals surface area contributed by atoms with Gasteiger partial charge in [0, 0.05) is 5.69 Å². The van der Waals surface area contributed by atoms with E-state index in [-0.39, 0.29) is 5.56 Å². The van der Waals surface area contributed by atoms with E-state index in [1.807, 2.05) is 0 Å². The van der Waals surface area contributed by atoms with E-state index in [1.54, 1.807) is 31.2 Å². The van der Waals surface area contributed by atoms with Crippen LogP contribution in [-0.4, -0.2) is 20.8 Å². The predicted molar refractivity (Wildman–Crippen MR) is 76.7 cm³/mol. The molecule has 0 fully saturated rings. The lowest BCUT2D eigenvalue weighted by molar-refractivity contribution is 0.447. The van der Waals surface area contributed by atoms with Crippen molar-refractivity contribution in [1.82, 2.24) is 9.97 Å². The summed E-state index contributed by atoms with van der Waals surface area (Å²) in [5.41, 5.74) is 5.62. The van der Waals surface area contributed by atoms with Gasteiger partial charge in [-0.1, -0.05) is 13.0 Å². The van der Waals surface area contributed by atoms with Crippen LogP contribution >= 0.6 is 0 Å². The fourth-order valence-electron chi connectivity index (χ4n) is 1.80. The molecule has 2 rings (SSSR count). The molecule has 0 amide bonds. The Labute approximate surface area is 113 Å². The molecule has 0 saturated carbocycles. The van der Waals surface area contributed by atoms with Crippen molar-refractivity contribution in [3.8, 4) is 5.88 Å². The van der Waals surface area contributed by atoms with Gasteiger partial charge in [0.1, 0.15) is 5.56 Å². The van der Waals surface area contributed by atoms with Crippen LogP contribution in [0.15, 0.2) is 38.8 Å². The topological polar surface area (TPSA) is 124 Å². The number of hydrogen-bond donors (Lipinski definition) is 4. The molecular weight excluding hydrogens is 260 g/mol. The first kappa shape index (κ1) is 13.6. The summed E-state index contributed by atoms with van der Waals surface area (Å²) >= 11 is 0. The number of aromatic hydroxyl groups is 1. The molecule has 104 valence electrons. The van der Waals surface area contributed by atoms with E-state index in [2.05, 4.69) is 15.0 Å². The van der Waals surface area contributed by atoms with E-state index in [0.29, 0.717) is 23.5 Å². The Kier molecular flexibility index (Phi) is 3.69. The second-order valence-corrected chi connectivity index (χ2v) is 4.14. The van der Waals surface area contributed by atoms with Gasteiger partial charge in [0.05, 0.1) is 11.4 Å². The third-order valence-corrected chi connectivity index (χ3v) is 2.68. The number of nitrogens with one attached hydrogen (secondary N) is 2. The summed E-state index contributed by atoms with van der Waals surface area (Å²) in [6.07, 6.45) is 0.400. The molecule has 0 bridgehead atoms. The van der Waals surface area contributed by atoms with Gasteiger partial charge >= 0.3 is 5.69 Å². The number of rotatable bonds is 3. The number of aromatic nitrogens is 2. The van der Waals surface area contributed by atoms with Crippen LogP contribution in [0.2, 0.25) is 0 Å². The van der Waals surface area contributed by atoms with Crippen LogP contribution in [0.5, 0.6) is 5.88 Å². The van der Waals surface area contributed by atoms with Gasteiger partial charge in [-0.25, -0.2) is 4.79 Å². The molecule has 2 aromatic rings. The lowest BCUT2D eigenvalue weighted by atomic mass is 10.1. The van der Waals surface area contributed by atoms with E-state index < -0.39 is 17.1 Å². The monoisotopic (exact) mass is 274 g/mol. The maximum absolute atomic E-state index is 11.8. The lowest BCUT2D eigenvalue weighted by Gasteiger charge is -2.05. The molecule has 7 nitrogen and oxygen atoms in total. The maximum Gasteiger partial charge on any atom is 0.328 e. The van der Waals surface area contributed by atoms with Gasteiger partial charge in [0.2, 0.25) is 5.88 Å². The fraction of sp³-hybridized carbons (Fsp3) is 0.154. The zero-order valence-corrected chi connectivity index (χ0v) is 10.8. The second-order valence-electron chi connectivity index (χ2n) is 4.14. The minimum atomic E-state index is -0.768. The van der Waals surface area contributed by atoms with Crippen molar-refractivity contribution in [2.75, 3.05) is 5.73 Å². The zero-order chi connectivity index (χ0) is 14.7. The van der Waals surface area contributed by atoms with Crippen LogP contribution in [0.4, 0.5) is 11.4 Å². The Morgan fingerprint density at radius 1 is 1.35 bits per heavy atom. The Morgan fingerprint density at radius 2 is 2.10 bits per heavy atom. The number of nitrogens with two attached hydrogens (primary N) is 1. The smallest absolute Gasteiger partial charge is 0.328 e. The molecular formula is C13H14N4O3. The van der Waals surface area contributed by atoms with Crippen LogP contribution in [-0.2, 0) is 0 Å². The quantitative estimate of drug-likeness (QED) is 0.489. The normalized spacial score (nSPS) is 11.6. The average molecular weight is 274 g/mol. The van der Waals surface area contributed by atoms with Gasteiger partial charge in [0.15, 0.2) is 0 Å². The predicted octanol–water partition coefficient (Wildman–Crippen LogP) is 0.882. The molecule has 0 radical (unpaired) electrons. The molecule has 0 aliphatic rings. The first-order valence-corrected chi connectivity index (χ1v) is 6.00. The van der Waals surface area contributed by atoms with E-state index in [9.17, 15) is 14.7 Å². The summed E-state index contributed by atoms with van der Waals surface area (Å²) in [6.45, 7) is 1.79. The Hall–Kier alpha value is -2.83. The minimum absolute atomic E-state index is 0.0467. The molecule has 1 heterocycles. The number of aromatic amines is 2. The third-order valence-electron chi connectivity index (χ3n) is 2.68. The van der Waals surface area contributed by atoms with Gasteiger partial charge in [-0.3, -0.25) is 19.8 Å². The number of H-pyrrole nitrogens is 2. The van der Waals surface area contributed by atoms with Gasteiger partial charge in [0.25, 0.3) is 5.56 Å². The standard InChI is InChI=1S/C13H14N4O3/c1-2-9(15-8-5-3-4-7(14)6-8)10-11(18)16-13(20)17-12(10)19/h3-6H,2,14H2,1H3,(H3,16,17,18,19,20). The van der Waals surface area contributed by atoms with Crippen LogP contribution in [0.1, 0.15) is 18.9 Å². The highest BCUT2D eigenvalue weighted by Crippen LogP contribution is 2.19. The van der Waals surface area contributed by atoms with Gasteiger partial charge in [-0.05, 0) is 24.6 Å². The number of hydrogen-bond acceptors (Lipinski definition) is 5. The summed E-state index contributed by atoms with van der Waals surface area (Å²) in [5.74, 6) is -0.497. The highest BCUT2D eigenvalue weighted by atomic mass is 16.3. The van der Waals surface area contributed by atoms with Crippen molar-refractivity contribution >= 4 is 17.1 Å². The molecule has 0 unspecified atom stereocenters. The molecule has 0 aliphatic heterocycles. The Balaban J connectivity index is 2.59. The fourth-order valence-corrected chi connectivity index (χ4v) is 1.80. The average Bonchev–Trinajstić information content (AvgIpc) is 2.36. The lowest BCUT2D eigenvalue weighted by Crippen LogP contribution is -2.27. The number of nitrogen functional groups attached to an aromatic ring is 1. The van der Waals surface area contributed by atoms with E-state index in [1.165, 1.54) is 0 Å². The van der Waals surface area contributed by atoms with Crippen molar-refractivity contribution < 1.29 is 5.11 Å². The van der Waals surface area contributed by atoms with Crippen molar-refractivity contribution in [3.63, 3.8) is 0 Å². The summed E-state index contributed by atoms with van der Waals surface area (Å²) in [6, 6.07) is 6.82. The zero-order valence-electron chi connectivity index (χ0n) is 10.8. The minimum Gasteiger partial charge on any atom is -0.494 e. The maximum atomic E-state index is 11.8. The number of nitrogens with zero attached hydrogens (tertiary/aromatic N) is 1. The van der Waals surface area contributed by atoms with Crippen LogP contribution < -0.4 is 17.0 Å². The van der Waals surface area contributed by atoms with Crippen molar-refractivity contribution in [2.24, 2.45) is 4.99 Å². The third kappa shape index (κ3) is 2.77. The Morgan fingerprint density at radius 3 is 2.70 bits per heavy atom. The van der Waals surface area contributed by atoms with Crippen LogP contribution in [0, 0.1) is 0 Å². The highest BCUT2D eigenvalue weighted by Gasteiger charge is 2.14. The molecule has 20 heavy (non-hydrogen) atoms. The SMILES string of the molecule is CCC(=Nc1cccc(N)c1)c1c(O)[nH]c(=O)[nH]c1=O. The molecule has 5 N–H and O–H groups in total. The first-order chi connectivity index (χ1) is 9.51. The Bertz CT molecular complexity index is 774. The molecule has 0 saturated heterocycles. The van der Waals surface area contributed by atoms with E-state index in [4.69, 9.17) is 5.73 Å². The van der Waals surface area contributed by atoms with Crippen molar-refractivity contribution in [3.05, 3.63) is 50.7 Å². The first-order valence-electron chi connectivity index (χ1n) is 6.00. The second kappa shape index (κ2) is 5.43.